The Balaban J connectivity index is 1.46. The number of aliphatic hydroxyl groups is 1. The van der Waals surface area contributed by atoms with Crippen molar-refractivity contribution in [3.05, 3.63) is 0 Å². The summed E-state index contributed by atoms with van der Waals surface area (Å²) in [5, 5.41) is 11.4. The molecule has 0 spiro atoms. The van der Waals surface area contributed by atoms with Gasteiger partial charge in [0.25, 0.3) is 0 Å². The van der Waals surface area contributed by atoms with Crippen molar-refractivity contribution in [3.63, 3.8) is 0 Å². The first kappa shape index (κ1) is 24.6. The van der Waals surface area contributed by atoms with E-state index in [1.165, 1.54) is 57.8 Å². The number of hydrogen-bond donors (Lipinski definition) is 1. The lowest BCUT2D eigenvalue weighted by Crippen LogP contribution is -2.59. The molecule has 0 saturated heterocycles. The van der Waals surface area contributed by atoms with E-state index < -0.39 is 0 Å². The maximum atomic E-state index is 11.4. The van der Waals surface area contributed by atoms with E-state index in [1.807, 2.05) is 0 Å². The fourth-order valence-corrected chi connectivity index (χ4v) is 9.60. The van der Waals surface area contributed by atoms with Crippen molar-refractivity contribution in [2.24, 2.45) is 52.3 Å². The summed E-state index contributed by atoms with van der Waals surface area (Å²) in [6.45, 7) is 12.8. The molecule has 0 aliphatic heterocycles. The van der Waals surface area contributed by atoms with Gasteiger partial charge in [-0.2, -0.15) is 0 Å². The second-order valence-corrected chi connectivity index (χ2v) is 13.2. The van der Waals surface area contributed by atoms with Crippen molar-refractivity contribution in [2.75, 3.05) is 6.61 Å². The zero-order valence-corrected chi connectivity index (χ0v) is 21.6. The third-order valence-electron chi connectivity index (χ3n) is 11.3. The standard InChI is InChI=1S/C30H50O2/c1-7-17-32-23-18-22-11-12-24-26-14-13-25(21(4)10-8-9-20(2)3)29(26,5)16-15-27(24)30(22,6)28(31)19-23/h1,20-28,31H,8-19H2,2-6H3/t21-,22?,23-,24+,25-,26+,27+,28?,29-,30+/m1/s1. The van der Waals surface area contributed by atoms with Crippen molar-refractivity contribution < 1.29 is 9.84 Å². The van der Waals surface area contributed by atoms with Crippen LogP contribution in [0.2, 0.25) is 0 Å². The molecule has 2 nitrogen and oxygen atoms in total. The van der Waals surface area contributed by atoms with Crippen LogP contribution in [0.5, 0.6) is 0 Å². The topological polar surface area (TPSA) is 29.5 Å². The van der Waals surface area contributed by atoms with Gasteiger partial charge in [-0.3, -0.25) is 0 Å². The SMILES string of the molecule is C#CCO[C@H]1CC(O)[C@@]2(C)C(CC[C@@H]3[C@@H]2CC[C@]2(C)[C@@H]([C@H](C)CCCC(C)C)CC[C@@H]32)C1. The molecular formula is C30H50O2. The van der Waals surface area contributed by atoms with Gasteiger partial charge in [-0.05, 0) is 97.2 Å². The average Bonchev–Trinajstić information content (AvgIpc) is 3.10. The molecule has 0 aromatic heterocycles. The van der Waals surface area contributed by atoms with Gasteiger partial charge in [0, 0.05) is 6.42 Å². The third kappa shape index (κ3) is 4.20. The molecule has 32 heavy (non-hydrogen) atoms. The van der Waals surface area contributed by atoms with Crippen LogP contribution in [0.4, 0.5) is 0 Å². The third-order valence-corrected chi connectivity index (χ3v) is 11.3. The first-order valence-corrected chi connectivity index (χ1v) is 13.9. The number of rotatable bonds is 7. The average molecular weight is 443 g/mol. The summed E-state index contributed by atoms with van der Waals surface area (Å²) in [6, 6.07) is 0. The van der Waals surface area contributed by atoms with Crippen LogP contribution in [0.3, 0.4) is 0 Å². The number of hydrogen-bond acceptors (Lipinski definition) is 2. The van der Waals surface area contributed by atoms with Crippen molar-refractivity contribution in [1.82, 2.24) is 0 Å². The lowest BCUT2D eigenvalue weighted by molar-refractivity contribution is -0.186. The number of terminal acetylenes is 1. The molecule has 0 bridgehead atoms. The van der Waals surface area contributed by atoms with Crippen LogP contribution >= 0.6 is 0 Å². The molecule has 2 heteroatoms. The molecule has 1 N–H and O–H groups in total. The second-order valence-electron chi connectivity index (χ2n) is 13.2. The molecule has 2 unspecified atom stereocenters. The Labute approximate surface area is 198 Å². The van der Waals surface area contributed by atoms with Crippen LogP contribution in [0.25, 0.3) is 0 Å². The van der Waals surface area contributed by atoms with E-state index in [9.17, 15) is 5.11 Å². The summed E-state index contributed by atoms with van der Waals surface area (Å²) >= 11 is 0. The normalized spacial score (nSPS) is 46.8. The van der Waals surface area contributed by atoms with Gasteiger partial charge in [-0.25, -0.2) is 0 Å². The summed E-state index contributed by atoms with van der Waals surface area (Å²) in [7, 11) is 0. The molecule has 0 aromatic carbocycles. The fourth-order valence-electron chi connectivity index (χ4n) is 9.60. The Morgan fingerprint density at radius 2 is 1.78 bits per heavy atom. The number of fused-ring (bicyclic) bond motifs is 5. The van der Waals surface area contributed by atoms with E-state index in [2.05, 4.69) is 40.5 Å². The van der Waals surface area contributed by atoms with E-state index >= 15 is 0 Å². The maximum Gasteiger partial charge on any atom is 0.107 e. The molecule has 0 radical (unpaired) electrons. The Kier molecular flexibility index (Phi) is 7.39. The number of aliphatic hydroxyl groups excluding tert-OH is 1. The number of ether oxygens (including phenoxy) is 1. The minimum Gasteiger partial charge on any atom is -0.392 e. The largest absolute Gasteiger partial charge is 0.392 e. The quantitative estimate of drug-likeness (QED) is 0.426. The van der Waals surface area contributed by atoms with Gasteiger partial charge in [0.05, 0.1) is 12.2 Å². The predicted molar refractivity (Wildman–Crippen MR) is 133 cm³/mol. The molecule has 4 aliphatic rings. The first-order chi connectivity index (χ1) is 15.2. The van der Waals surface area contributed by atoms with Crippen LogP contribution in [-0.4, -0.2) is 23.9 Å². The minimum absolute atomic E-state index is 0.0707. The monoisotopic (exact) mass is 442 g/mol. The molecule has 0 amide bonds. The van der Waals surface area contributed by atoms with Gasteiger partial charge in [-0.1, -0.05) is 59.8 Å². The first-order valence-electron chi connectivity index (χ1n) is 13.9. The molecule has 182 valence electrons. The van der Waals surface area contributed by atoms with Crippen molar-refractivity contribution in [1.29, 1.82) is 0 Å². The molecule has 0 heterocycles. The highest BCUT2D eigenvalue weighted by Gasteiger charge is 2.62. The van der Waals surface area contributed by atoms with Crippen molar-refractivity contribution in [2.45, 2.75) is 117 Å². The van der Waals surface area contributed by atoms with Gasteiger partial charge in [0.15, 0.2) is 0 Å². The van der Waals surface area contributed by atoms with Crippen LogP contribution < -0.4 is 0 Å². The van der Waals surface area contributed by atoms with Gasteiger partial charge in [0.1, 0.15) is 6.61 Å². The van der Waals surface area contributed by atoms with Gasteiger partial charge in [-0.15, -0.1) is 6.42 Å². The van der Waals surface area contributed by atoms with E-state index in [0.29, 0.717) is 23.9 Å². The molecule has 10 atom stereocenters. The van der Waals surface area contributed by atoms with Crippen LogP contribution in [0.1, 0.15) is 105 Å². The summed E-state index contributed by atoms with van der Waals surface area (Å²) in [5.41, 5.74) is 0.598. The summed E-state index contributed by atoms with van der Waals surface area (Å²) in [4.78, 5) is 0. The molecule has 4 aliphatic carbocycles. The van der Waals surface area contributed by atoms with Crippen molar-refractivity contribution in [3.8, 4) is 12.3 Å². The van der Waals surface area contributed by atoms with Crippen LogP contribution in [-0.2, 0) is 4.74 Å². The Morgan fingerprint density at radius 3 is 2.50 bits per heavy atom. The smallest absolute Gasteiger partial charge is 0.107 e. The Hall–Kier alpha value is -0.520. The van der Waals surface area contributed by atoms with E-state index in [4.69, 9.17) is 11.2 Å². The lowest BCUT2D eigenvalue weighted by Gasteiger charge is -2.62. The van der Waals surface area contributed by atoms with Gasteiger partial charge >= 0.3 is 0 Å². The van der Waals surface area contributed by atoms with Crippen LogP contribution in [0.15, 0.2) is 0 Å². The Bertz CT molecular complexity index is 679. The molecule has 0 aromatic rings. The summed E-state index contributed by atoms with van der Waals surface area (Å²) in [6.07, 6.45) is 19.6. The minimum atomic E-state index is -0.242. The zero-order chi connectivity index (χ0) is 23.1. The summed E-state index contributed by atoms with van der Waals surface area (Å²) in [5.74, 6) is 8.19. The fraction of sp³-hybridized carbons (Fsp3) is 0.933. The van der Waals surface area contributed by atoms with Gasteiger partial charge < -0.3 is 9.84 Å². The molecule has 4 fully saturated rings. The van der Waals surface area contributed by atoms with E-state index in [1.54, 1.807) is 0 Å². The van der Waals surface area contributed by atoms with Gasteiger partial charge in [0.2, 0.25) is 0 Å². The Morgan fingerprint density at radius 1 is 1.00 bits per heavy atom. The van der Waals surface area contributed by atoms with Crippen molar-refractivity contribution >= 4 is 0 Å². The second kappa shape index (κ2) is 9.62. The highest BCUT2D eigenvalue weighted by atomic mass is 16.5. The molecule has 4 rings (SSSR count). The maximum absolute atomic E-state index is 11.4. The predicted octanol–water partition coefficient (Wildman–Crippen LogP) is 7.10. The summed E-state index contributed by atoms with van der Waals surface area (Å²) < 4.78 is 5.91. The zero-order valence-electron chi connectivity index (χ0n) is 21.6. The highest BCUT2D eigenvalue weighted by Crippen LogP contribution is 2.68. The highest BCUT2D eigenvalue weighted by molar-refractivity contribution is 5.11. The molecule has 4 saturated carbocycles. The molecular weight excluding hydrogens is 392 g/mol. The lowest BCUT2D eigenvalue weighted by atomic mass is 9.43. The van der Waals surface area contributed by atoms with E-state index in [-0.39, 0.29) is 17.6 Å². The van der Waals surface area contributed by atoms with Crippen LogP contribution in [0, 0.1) is 64.6 Å². The van der Waals surface area contributed by atoms with E-state index in [0.717, 1.165) is 42.4 Å².